The fraction of sp³-hybridized carbons (Fsp3) is 0.310. The van der Waals surface area contributed by atoms with Gasteiger partial charge in [-0.05, 0) is 63.1 Å². The third-order valence-corrected chi connectivity index (χ3v) is 5.91. The van der Waals surface area contributed by atoms with E-state index < -0.39 is 11.6 Å². The zero-order valence-corrected chi connectivity index (χ0v) is 22.3. The Morgan fingerprint density at radius 2 is 1.60 bits per heavy atom. The molecule has 0 aromatic heterocycles. The van der Waals surface area contributed by atoms with Crippen LogP contribution in [-0.2, 0) is 22.6 Å². The van der Waals surface area contributed by atoms with Gasteiger partial charge in [0.25, 0.3) is 5.91 Å². The van der Waals surface area contributed by atoms with Gasteiger partial charge in [0.2, 0.25) is 5.91 Å². The molecule has 0 bridgehead atoms. The number of benzene rings is 3. The fourth-order valence-corrected chi connectivity index (χ4v) is 4.04. The first-order chi connectivity index (χ1) is 16.6. The summed E-state index contributed by atoms with van der Waals surface area (Å²) in [4.78, 5) is 28.8. The van der Waals surface area contributed by atoms with Gasteiger partial charge in [-0.25, -0.2) is 0 Å². The molecular formula is C29H33BrN2O3. The van der Waals surface area contributed by atoms with Crippen molar-refractivity contribution >= 4 is 27.7 Å². The summed E-state index contributed by atoms with van der Waals surface area (Å²) in [5, 5.41) is 3.07. The Hall–Kier alpha value is -3.12. The van der Waals surface area contributed by atoms with E-state index in [-0.39, 0.29) is 18.4 Å². The largest absolute Gasteiger partial charge is 0.484 e. The number of nitrogens with zero attached hydrogens (tertiary/aromatic N) is 1. The Labute approximate surface area is 216 Å². The van der Waals surface area contributed by atoms with Crippen molar-refractivity contribution in [1.29, 1.82) is 0 Å². The summed E-state index contributed by atoms with van der Waals surface area (Å²) < 4.78 is 6.73. The normalized spacial score (nSPS) is 12.0. The molecule has 0 heterocycles. The van der Waals surface area contributed by atoms with Gasteiger partial charge in [-0.1, -0.05) is 76.1 Å². The highest BCUT2D eigenvalue weighted by molar-refractivity contribution is 9.10. The van der Waals surface area contributed by atoms with Crippen molar-refractivity contribution in [2.24, 2.45) is 0 Å². The van der Waals surface area contributed by atoms with Gasteiger partial charge in [0.15, 0.2) is 6.61 Å². The van der Waals surface area contributed by atoms with Gasteiger partial charge in [-0.15, -0.1) is 0 Å². The van der Waals surface area contributed by atoms with Crippen molar-refractivity contribution in [3.63, 3.8) is 0 Å². The van der Waals surface area contributed by atoms with Crippen LogP contribution in [0, 0.1) is 6.92 Å². The summed E-state index contributed by atoms with van der Waals surface area (Å²) in [5.41, 5.74) is 2.61. The third kappa shape index (κ3) is 8.55. The summed E-state index contributed by atoms with van der Waals surface area (Å²) in [6, 6.07) is 24.4. The molecule has 1 atom stereocenters. The van der Waals surface area contributed by atoms with Gasteiger partial charge in [0, 0.05) is 23.0 Å². The number of hydrogen-bond acceptors (Lipinski definition) is 3. The van der Waals surface area contributed by atoms with Crippen molar-refractivity contribution in [2.45, 2.75) is 52.2 Å². The summed E-state index contributed by atoms with van der Waals surface area (Å²) in [5.74, 6) is 0.154. The molecule has 5 nitrogen and oxygen atoms in total. The minimum Gasteiger partial charge on any atom is -0.484 e. The summed E-state index contributed by atoms with van der Waals surface area (Å²) in [6.45, 7) is 7.97. The predicted molar refractivity (Wildman–Crippen MR) is 143 cm³/mol. The number of halogens is 1. The second-order valence-corrected chi connectivity index (χ2v) is 10.6. The molecule has 6 heteroatoms. The topological polar surface area (TPSA) is 58.6 Å². The Morgan fingerprint density at radius 1 is 0.943 bits per heavy atom. The van der Waals surface area contributed by atoms with E-state index in [1.54, 1.807) is 17.0 Å². The van der Waals surface area contributed by atoms with E-state index >= 15 is 0 Å². The van der Waals surface area contributed by atoms with Crippen molar-refractivity contribution < 1.29 is 14.3 Å². The lowest BCUT2D eigenvalue weighted by molar-refractivity contribution is -0.143. The lowest BCUT2D eigenvalue weighted by Crippen LogP contribution is -2.55. The van der Waals surface area contributed by atoms with Crippen LogP contribution in [0.15, 0.2) is 83.3 Å². The zero-order chi connectivity index (χ0) is 25.4. The number of carbonyl (C=O) groups excluding carboxylic acids is 2. The zero-order valence-electron chi connectivity index (χ0n) is 20.8. The molecule has 1 N–H and O–H groups in total. The van der Waals surface area contributed by atoms with E-state index in [1.165, 1.54) is 0 Å². The van der Waals surface area contributed by atoms with E-state index in [2.05, 4.69) is 21.2 Å². The van der Waals surface area contributed by atoms with Gasteiger partial charge in [-0.3, -0.25) is 9.59 Å². The summed E-state index contributed by atoms with van der Waals surface area (Å²) >= 11 is 3.41. The molecule has 0 fully saturated rings. The number of amides is 2. The monoisotopic (exact) mass is 536 g/mol. The predicted octanol–water partition coefficient (Wildman–Crippen LogP) is 5.69. The van der Waals surface area contributed by atoms with Gasteiger partial charge < -0.3 is 15.0 Å². The highest BCUT2D eigenvalue weighted by Crippen LogP contribution is 2.19. The van der Waals surface area contributed by atoms with E-state index in [0.29, 0.717) is 18.7 Å². The molecule has 3 aromatic rings. The molecule has 184 valence electrons. The lowest BCUT2D eigenvalue weighted by Gasteiger charge is -2.33. The summed E-state index contributed by atoms with van der Waals surface area (Å²) in [6.07, 6.45) is 0.401. The van der Waals surface area contributed by atoms with Crippen LogP contribution in [0.2, 0.25) is 0 Å². The molecule has 1 unspecified atom stereocenters. The number of hydrogen-bond donors (Lipinski definition) is 1. The average Bonchev–Trinajstić information content (AvgIpc) is 2.80. The molecule has 0 radical (unpaired) electrons. The minimum absolute atomic E-state index is 0.165. The second kappa shape index (κ2) is 12.0. The van der Waals surface area contributed by atoms with Crippen molar-refractivity contribution in [1.82, 2.24) is 10.2 Å². The summed E-state index contributed by atoms with van der Waals surface area (Å²) in [7, 11) is 0. The first-order valence-corrected chi connectivity index (χ1v) is 12.5. The van der Waals surface area contributed by atoms with Crippen LogP contribution in [0.25, 0.3) is 0 Å². The van der Waals surface area contributed by atoms with Crippen LogP contribution in [-0.4, -0.2) is 34.9 Å². The van der Waals surface area contributed by atoms with Crippen LogP contribution >= 0.6 is 15.9 Å². The van der Waals surface area contributed by atoms with E-state index in [9.17, 15) is 9.59 Å². The van der Waals surface area contributed by atoms with Crippen molar-refractivity contribution in [3.8, 4) is 5.75 Å². The molecule has 0 aliphatic heterocycles. The lowest BCUT2D eigenvalue weighted by atomic mass is 10.0. The number of aryl methyl sites for hydroxylation is 1. The maximum absolute atomic E-state index is 13.6. The molecular weight excluding hydrogens is 504 g/mol. The Bertz CT molecular complexity index is 1120. The highest BCUT2D eigenvalue weighted by atomic mass is 79.9. The van der Waals surface area contributed by atoms with E-state index in [4.69, 9.17) is 4.74 Å². The van der Waals surface area contributed by atoms with E-state index in [0.717, 1.165) is 21.2 Å². The maximum atomic E-state index is 13.6. The van der Waals surface area contributed by atoms with E-state index in [1.807, 2.05) is 94.4 Å². The molecule has 0 saturated carbocycles. The van der Waals surface area contributed by atoms with Crippen LogP contribution in [0.1, 0.15) is 37.5 Å². The molecule has 0 aliphatic carbocycles. The van der Waals surface area contributed by atoms with Crippen molar-refractivity contribution in [2.75, 3.05) is 6.61 Å². The van der Waals surface area contributed by atoms with Crippen molar-refractivity contribution in [3.05, 3.63) is 100 Å². The first-order valence-electron chi connectivity index (χ1n) is 11.7. The molecule has 3 aromatic carbocycles. The Balaban J connectivity index is 1.92. The SMILES string of the molecule is Cc1cccc(CN(C(=O)COc2ccc(Br)cc2)C(Cc2ccccc2)C(=O)NC(C)(C)C)c1. The van der Waals surface area contributed by atoms with Crippen LogP contribution < -0.4 is 10.1 Å². The second-order valence-electron chi connectivity index (χ2n) is 9.70. The van der Waals surface area contributed by atoms with Gasteiger partial charge in [0.1, 0.15) is 11.8 Å². The number of nitrogens with one attached hydrogen (secondary N) is 1. The van der Waals surface area contributed by atoms with Crippen LogP contribution in [0.5, 0.6) is 5.75 Å². The molecule has 0 saturated heterocycles. The quantitative estimate of drug-likeness (QED) is 0.382. The molecule has 3 rings (SSSR count). The fourth-order valence-electron chi connectivity index (χ4n) is 3.77. The molecule has 0 aliphatic rings. The molecule has 35 heavy (non-hydrogen) atoms. The third-order valence-electron chi connectivity index (χ3n) is 5.38. The average molecular weight is 537 g/mol. The standard InChI is InChI=1S/C29H33BrN2O3/c1-21-9-8-12-23(17-21)19-32(27(33)20-35-25-15-13-24(30)14-16-25)26(28(34)31-29(2,3)4)18-22-10-6-5-7-11-22/h5-17,26H,18-20H2,1-4H3,(H,31,34). The smallest absolute Gasteiger partial charge is 0.261 e. The number of ether oxygens (including phenoxy) is 1. The van der Waals surface area contributed by atoms with Gasteiger partial charge in [-0.2, -0.15) is 0 Å². The Kier molecular flexibility index (Phi) is 9.10. The molecule has 2 amide bonds. The number of rotatable bonds is 9. The Morgan fingerprint density at radius 3 is 2.23 bits per heavy atom. The minimum atomic E-state index is -0.696. The van der Waals surface area contributed by atoms with Gasteiger partial charge >= 0.3 is 0 Å². The maximum Gasteiger partial charge on any atom is 0.261 e. The number of carbonyl (C=O) groups is 2. The highest BCUT2D eigenvalue weighted by Gasteiger charge is 2.32. The van der Waals surface area contributed by atoms with Crippen LogP contribution in [0.3, 0.4) is 0 Å². The van der Waals surface area contributed by atoms with Crippen LogP contribution in [0.4, 0.5) is 0 Å². The first kappa shape index (κ1) is 26.5. The molecule has 0 spiro atoms. The van der Waals surface area contributed by atoms with Gasteiger partial charge in [0.05, 0.1) is 0 Å².